The molecule has 84 valence electrons. The molecule has 0 amide bonds. The molecule has 2 N–H and O–H groups in total. The zero-order valence-electron chi connectivity index (χ0n) is 9.76. The highest BCUT2D eigenvalue weighted by atomic mass is 16.5. The summed E-state index contributed by atoms with van der Waals surface area (Å²) in [5.41, 5.74) is -0.590. The first kappa shape index (κ1) is 12.0. The third-order valence-electron chi connectivity index (χ3n) is 2.79. The van der Waals surface area contributed by atoms with Crippen molar-refractivity contribution in [2.75, 3.05) is 19.8 Å². The van der Waals surface area contributed by atoms with Crippen LogP contribution in [0.2, 0.25) is 0 Å². The predicted molar refractivity (Wildman–Crippen MR) is 57.3 cm³/mol. The largest absolute Gasteiger partial charge is 0.388 e. The Bertz CT molecular complexity index is 178. The van der Waals surface area contributed by atoms with Crippen molar-refractivity contribution in [2.24, 2.45) is 5.92 Å². The van der Waals surface area contributed by atoms with Crippen molar-refractivity contribution in [3.8, 4) is 0 Å². The number of hydrogen-bond donors (Lipinski definition) is 2. The Labute approximate surface area is 86.8 Å². The summed E-state index contributed by atoms with van der Waals surface area (Å²) in [6.07, 6.45) is 0.971. The molecular formula is C11H23NO2. The first-order valence-corrected chi connectivity index (χ1v) is 5.36. The number of hydrogen-bond acceptors (Lipinski definition) is 3. The standard InChI is InChI=1S/C11H23NO2/c1-10(2,3)12-8-11(4,13)9-5-6-14-7-9/h9,12-13H,5-8H2,1-4H3. The van der Waals surface area contributed by atoms with Gasteiger partial charge in [-0.15, -0.1) is 0 Å². The Balaban J connectivity index is 2.40. The second-order valence-corrected chi connectivity index (χ2v) is 5.52. The van der Waals surface area contributed by atoms with Gasteiger partial charge in [-0.05, 0) is 34.1 Å². The molecule has 0 aromatic rings. The van der Waals surface area contributed by atoms with Gasteiger partial charge in [-0.3, -0.25) is 0 Å². The van der Waals surface area contributed by atoms with E-state index >= 15 is 0 Å². The minimum absolute atomic E-state index is 0.0590. The van der Waals surface area contributed by atoms with Crippen LogP contribution in [0.5, 0.6) is 0 Å². The average molecular weight is 201 g/mol. The first-order valence-electron chi connectivity index (χ1n) is 5.36. The third-order valence-corrected chi connectivity index (χ3v) is 2.79. The maximum atomic E-state index is 10.2. The SMILES string of the molecule is CC(C)(C)NCC(C)(O)C1CCOC1. The molecule has 1 fully saturated rings. The second-order valence-electron chi connectivity index (χ2n) is 5.52. The van der Waals surface area contributed by atoms with Crippen LogP contribution in [-0.2, 0) is 4.74 Å². The Hall–Kier alpha value is -0.120. The van der Waals surface area contributed by atoms with Gasteiger partial charge in [0.1, 0.15) is 0 Å². The molecule has 0 saturated carbocycles. The van der Waals surface area contributed by atoms with Crippen molar-refractivity contribution in [2.45, 2.75) is 45.3 Å². The van der Waals surface area contributed by atoms with E-state index in [1.54, 1.807) is 0 Å². The highest BCUT2D eigenvalue weighted by Gasteiger charge is 2.35. The maximum absolute atomic E-state index is 10.2. The highest BCUT2D eigenvalue weighted by Crippen LogP contribution is 2.25. The molecule has 0 aromatic heterocycles. The number of β-amino-alcohol motifs (C(OH)–C–C–N with tert-alkyl or cyclic N) is 1. The molecule has 1 aliphatic rings. The van der Waals surface area contributed by atoms with Gasteiger partial charge in [-0.2, -0.15) is 0 Å². The molecule has 0 spiro atoms. The summed E-state index contributed by atoms with van der Waals surface area (Å²) < 4.78 is 5.29. The number of aliphatic hydroxyl groups is 1. The normalized spacial score (nSPS) is 27.6. The van der Waals surface area contributed by atoms with Crippen LogP contribution < -0.4 is 5.32 Å². The highest BCUT2D eigenvalue weighted by molar-refractivity contribution is 4.88. The first-order chi connectivity index (χ1) is 6.31. The monoisotopic (exact) mass is 201 g/mol. The van der Waals surface area contributed by atoms with E-state index in [0.29, 0.717) is 13.2 Å². The van der Waals surface area contributed by atoms with E-state index in [2.05, 4.69) is 26.1 Å². The number of nitrogens with one attached hydrogen (secondary N) is 1. The summed E-state index contributed by atoms with van der Waals surface area (Å²) in [6, 6.07) is 0. The molecule has 0 radical (unpaired) electrons. The zero-order valence-corrected chi connectivity index (χ0v) is 9.76. The van der Waals surface area contributed by atoms with Gasteiger partial charge >= 0.3 is 0 Å². The van der Waals surface area contributed by atoms with Crippen LogP contribution in [0.1, 0.15) is 34.1 Å². The van der Waals surface area contributed by atoms with E-state index in [-0.39, 0.29) is 11.5 Å². The molecule has 2 unspecified atom stereocenters. The molecule has 1 aliphatic heterocycles. The molecule has 2 atom stereocenters. The lowest BCUT2D eigenvalue weighted by molar-refractivity contribution is -0.00839. The van der Waals surface area contributed by atoms with Gasteiger partial charge in [0.15, 0.2) is 0 Å². The predicted octanol–water partition coefficient (Wildman–Crippen LogP) is 1.16. The van der Waals surface area contributed by atoms with E-state index in [9.17, 15) is 5.11 Å². The Morgan fingerprint density at radius 1 is 1.36 bits per heavy atom. The van der Waals surface area contributed by atoms with Gasteiger partial charge < -0.3 is 15.2 Å². The van der Waals surface area contributed by atoms with Crippen LogP contribution in [0.25, 0.3) is 0 Å². The zero-order chi connectivity index (χ0) is 10.8. The lowest BCUT2D eigenvalue weighted by atomic mass is 9.88. The Kier molecular flexibility index (Phi) is 3.56. The summed E-state index contributed by atoms with van der Waals surface area (Å²) in [6.45, 7) is 10.3. The van der Waals surface area contributed by atoms with Gasteiger partial charge in [-0.25, -0.2) is 0 Å². The van der Waals surface area contributed by atoms with Crippen molar-refractivity contribution >= 4 is 0 Å². The topological polar surface area (TPSA) is 41.5 Å². The van der Waals surface area contributed by atoms with Crippen LogP contribution in [0.4, 0.5) is 0 Å². The quantitative estimate of drug-likeness (QED) is 0.720. The minimum atomic E-state index is -0.649. The van der Waals surface area contributed by atoms with Crippen LogP contribution >= 0.6 is 0 Å². The van der Waals surface area contributed by atoms with E-state index in [4.69, 9.17) is 4.74 Å². The molecule has 3 heteroatoms. The molecule has 14 heavy (non-hydrogen) atoms. The summed E-state index contributed by atoms with van der Waals surface area (Å²) in [5, 5.41) is 13.6. The molecule has 1 saturated heterocycles. The van der Waals surface area contributed by atoms with Gasteiger partial charge in [-0.1, -0.05) is 0 Å². The molecule has 3 nitrogen and oxygen atoms in total. The fourth-order valence-electron chi connectivity index (χ4n) is 1.61. The van der Waals surface area contributed by atoms with E-state index in [0.717, 1.165) is 13.0 Å². The fraction of sp³-hybridized carbons (Fsp3) is 1.00. The second kappa shape index (κ2) is 4.17. The van der Waals surface area contributed by atoms with E-state index in [1.807, 2.05) is 6.92 Å². The summed E-state index contributed by atoms with van der Waals surface area (Å²) in [4.78, 5) is 0. The van der Waals surface area contributed by atoms with Crippen LogP contribution in [-0.4, -0.2) is 36.0 Å². The van der Waals surface area contributed by atoms with Gasteiger partial charge in [0.25, 0.3) is 0 Å². The molecule has 0 bridgehead atoms. The lowest BCUT2D eigenvalue weighted by Gasteiger charge is -2.33. The maximum Gasteiger partial charge on any atom is 0.0794 e. The average Bonchev–Trinajstić information content (AvgIpc) is 2.52. The Morgan fingerprint density at radius 2 is 2.00 bits per heavy atom. The molecule has 0 aromatic carbocycles. The van der Waals surface area contributed by atoms with Crippen LogP contribution in [0, 0.1) is 5.92 Å². The number of rotatable bonds is 3. The number of ether oxygens (including phenoxy) is 1. The van der Waals surface area contributed by atoms with Gasteiger partial charge in [0, 0.05) is 24.6 Å². The third kappa shape index (κ3) is 3.56. The molecular weight excluding hydrogens is 178 g/mol. The van der Waals surface area contributed by atoms with E-state index < -0.39 is 5.60 Å². The summed E-state index contributed by atoms with van der Waals surface area (Å²) in [5.74, 6) is 0.275. The van der Waals surface area contributed by atoms with Crippen molar-refractivity contribution in [1.82, 2.24) is 5.32 Å². The minimum Gasteiger partial charge on any atom is -0.388 e. The van der Waals surface area contributed by atoms with Crippen molar-refractivity contribution in [3.05, 3.63) is 0 Å². The Morgan fingerprint density at radius 3 is 2.43 bits per heavy atom. The van der Waals surface area contributed by atoms with E-state index in [1.165, 1.54) is 0 Å². The fourth-order valence-corrected chi connectivity index (χ4v) is 1.61. The summed E-state index contributed by atoms with van der Waals surface area (Å²) >= 11 is 0. The van der Waals surface area contributed by atoms with Crippen molar-refractivity contribution < 1.29 is 9.84 Å². The molecule has 1 heterocycles. The van der Waals surface area contributed by atoms with Gasteiger partial charge in [0.2, 0.25) is 0 Å². The van der Waals surface area contributed by atoms with Crippen molar-refractivity contribution in [1.29, 1.82) is 0 Å². The smallest absolute Gasteiger partial charge is 0.0794 e. The van der Waals surface area contributed by atoms with Crippen LogP contribution in [0.3, 0.4) is 0 Å². The van der Waals surface area contributed by atoms with Crippen LogP contribution in [0.15, 0.2) is 0 Å². The van der Waals surface area contributed by atoms with Crippen molar-refractivity contribution in [3.63, 3.8) is 0 Å². The molecule has 1 rings (SSSR count). The lowest BCUT2D eigenvalue weighted by Crippen LogP contribution is -2.50. The summed E-state index contributed by atoms with van der Waals surface area (Å²) in [7, 11) is 0. The van der Waals surface area contributed by atoms with Gasteiger partial charge in [0.05, 0.1) is 12.2 Å². The molecule has 0 aliphatic carbocycles.